The van der Waals surface area contributed by atoms with Gasteiger partial charge in [0, 0.05) is 6.21 Å². The van der Waals surface area contributed by atoms with Gasteiger partial charge in [-0.3, -0.25) is 4.99 Å². The lowest BCUT2D eigenvalue weighted by Gasteiger charge is -2.21. The highest BCUT2D eigenvalue weighted by molar-refractivity contribution is 5.82. The zero-order valence-corrected chi connectivity index (χ0v) is 15.4. The van der Waals surface area contributed by atoms with E-state index in [9.17, 15) is 0 Å². The standard InChI is InChI=1S/C22H29N3/c1-3-18-14-17(16-21-22(18)25-13-12-24-21)15-20(10-7-11-23-2)19-8-5-4-6-9-19/h4-6,8-9,13-14,16,20,23-24H,3,7,10-12,15H2,1-2H3/t20-/m1/s1. The molecule has 0 bridgehead atoms. The molecular weight excluding hydrogens is 306 g/mol. The Labute approximate surface area is 151 Å². The molecule has 2 aromatic rings. The fourth-order valence-corrected chi connectivity index (χ4v) is 3.65. The Morgan fingerprint density at radius 1 is 1.20 bits per heavy atom. The molecule has 0 saturated carbocycles. The summed E-state index contributed by atoms with van der Waals surface area (Å²) >= 11 is 0. The molecule has 2 N–H and O–H groups in total. The number of rotatable bonds is 8. The van der Waals surface area contributed by atoms with E-state index < -0.39 is 0 Å². The van der Waals surface area contributed by atoms with Crippen LogP contribution < -0.4 is 10.6 Å². The molecule has 3 nitrogen and oxygen atoms in total. The average Bonchev–Trinajstić information content (AvgIpc) is 2.67. The summed E-state index contributed by atoms with van der Waals surface area (Å²) in [7, 11) is 2.03. The SMILES string of the molecule is CCc1cc(C[C@@H](CCCNC)c2ccccc2)cc2c1N=CCN2. The Kier molecular flexibility index (Phi) is 6.24. The topological polar surface area (TPSA) is 36.4 Å². The predicted molar refractivity (Wildman–Crippen MR) is 109 cm³/mol. The molecule has 0 fully saturated rings. The monoisotopic (exact) mass is 335 g/mol. The third-order valence-electron chi connectivity index (χ3n) is 4.97. The third kappa shape index (κ3) is 4.49. The average molecular weight is 335 g/mol. The van der Waals surface area contributed by atoms with Gasteiger partial charge in [-0.05, 0) is 68.0 Å². The summed E-state index contributed by atoms with van der Waals surface area (Å²) in [5.74, 6) is 0.560. The summed E-state index contributed by atoms with van der Waals surface area (Å²) in [5.41, 5.74) is 6.53. The number of hydrogen-bond acceptors (Lipinski definition) is 3. The first-order valence-corrected chi connectivity index (χ1v) is 9.43. The van der Waals surface area contributed by atoms with E-state index in [0.717, 1.165) is 31.6 Å². The van der Waals surface area contributed by atoms with Crippen LogP contribution in [-0.4, -0.2) is 26.4 Å². The van der Waals surface area contributed by atoms with Crippen LogP contribution in [0.2, 0.25) is 0 Å². The molecule has 0 aliphatic carbocycles. The van der Waals surface area contributed by atoms with Crippen LogP contribution in [0, 0.1) is 0 Å². The Balaban J connectivity index is 1.85. The van der Waals surface area contributed by atoms with Gasteiger partial charge < -0.3 is 10.6 Å². The quantitative estimate of drug-likeness (QED) is 0.686. The van der Waals surface area contributed by atoms with Crippen molar-refractivity contribution in [1.29, 1.82) is 0 Å². The summed E-state index contributed by atoms with van der Waals surface area (Å²) in [6, 6.07) is 15.6. The van der Waals surface area contributed by atoms with Gasteiger partial charge in [-0.15, -0.1) is 0 Å². The van der Waals surface area contributed by atoms with Crippen LogP contribution in [0.5, 0.6) is 0 Å². The van der Waals surface area contributed by atoms with Gasteiger partial charge in [0.1, 0.15) is 0 Å². The minimum absolute atomic E-state index is 0.560. The summed E-state index contributed by atoms with van der Waals surface area (Å²) in [6.07, 6.45) is 6.47. The second-order valence-electron chi connectivity index (χ2n) is 6.75. The molecule has 0 saturated heterocycles. The van der Waals surface area contributed by atoms with Crippen LogP contribution >= 0.6 is 0 Å². The number of aryl methyl sites for hydroxylation is 1. The van der Waals surface area contributed by atoms with Gasteiger partial charge in [0.05, 0.1) is 17.9 Å². The van der Waals surface area contributed by atoms with Gasteiger partial charge in [-0.25, -0.2) is 0 Å². The van der Waals surface area contributed by atoms with E-state index in [1.807, 2.05) is 13.3 Å². The molecular formula is C22H29N3. The van der Waals surface area contributed by atoms with Crippen LogP contribution in [0.25, 0.3) is 0 Å². The molecule has 1 heterocycles. The van der Waals surface area contributed by atoms with Crippen molar-refractivity contribution in [3.05, 3.63) is 59.2 Å². The minimum atomic E-state index is 0.560. The Bertz CT molecular complexity index is 707. The molecule has 0 spiro atoms. The van der Waals surface area contributed by atoms with Crippen molar-refractivity contribution in [3.63, 3.8) is 0 Å². The molecule has 3 heteroatoms. The second kappa shape index (κ2) is 8.82. The van der Waals surface area contributed by atoms with Crippen LogP contribution in [0.3, 0.4) is 0 Å². The van der Waals surface area contributed by atoms with E-state index in [1.165, 1.54) is 35.2 Å². The maximum absolute atomic E-state index is 4.61. The van der Waals surface area contributed by atoms with E-state index >= 15 is 0 Å². The van der Waals surface area contributed by atoms with Crippen molar-refractivity contribution in [1.82, 2.24) is 5.32 Å². The lowest BCUT2D eigenvalue weighted by molar-refractivity contribution is 0.572. The number of fused-ring (bicyclic) bond motifs is 1. The van der Waals surface area contributed by atoms with Crippen molar-refractivity contribution in [3.8, 4) is 0 Å². The van der Waals surface area contributed by atoms with E-state index in [2.05, 4.69) is 65.0 Å². The van der Waals surface area contributed by atoms with E-state index in [-0.39, 0.29) is 0 Å². The number of aliphatic imine (C=N–C) groups is 1. The number of anilines is 1. The molecule has 2 aromatic carbocycles. The normalized spacial score (nSPS) is 14.0. The van der Waals surface area contributed by atoms with Gasteiger partial charge in [0.15, 0.2) is 0 Å². The zero-order chi connectivity index (χ0) is 17.5. The first-order chi connectivity index (χ1) is 12.3. The van der Waals surface area contributed by atoms with E-state index in [4.69, 9.17) is 0 Å². The summed E-state index contributed by atoms with van der Waals surface area (Å²) in [6.45, 7) is 4.11. The van der Waals surface area contributed by atoms with Gasteiger partial charge in [0.2, 0.25) is 0 Å². The Hall–Kier alpha value is -2.13. The fourth-order valence-electron chi connectivity index (χ4n) is 3.65. The molecule has 25 heavy (non-hydrogen) atoms. The second-order valence-corrected chi connectivity index (χ2v) is 6.75. The number of benzene rings is 2. The van der Waals surface area contributed by atoms with Crippen LogP contribution in [0.4, 0.5) is 11.4 Å². The number of nitrogens with one attached hydrogen (secondary N) is 2. The molecule has 3 rings (SSSR count). The third-order valence-corrected chi connectivity index (χ3v) is 4.97. The van der Waals surface area contributed by atoms with E-state index in [0.29, 0.717) is 5.92 Å². The summed E-state index contributed by atoms with van der Waals surface area (Å²) in [4.78, 5) is 4.61. The molecule has 0 aromatic heterocycles. The first-order valence-electron chi connectivity index (χ1n) is 9.43. The highest BCUT2D eigenvalue weighted by Crippen LogP contribution is 2.35. The molecule has 0 radical (unpaired) electrons. The lowest BCUT2D eigenvalue weighted by atomic mass is 9.87. The van der Waals surface area contributed by atoms with Gasteiger partial charge in [0.25, 0.3) is 0 Å². The van der Waals surface area contributed by atoms with Crippen LogP contribution in [0.15, 0.2) is 47.5 Å². The maximum atomic E-state index is 4.61. The van der Waals surface area contributed by atoms with Crippen molar-refractivity contribution in [2.75, 3.05) is 25.5 Å². The van der Waals surface area contributed by atoms with Gasteiger partial charge in [-0.2, -0.15) is 0 Å². The molecule has 1 aliphatic heterocycles. The maximum Gasteiger partial charge on any atom is 0.0889 e. The Morgan fingerprint density at radius 3 is 2.80 bits per heavy atom. The van der Waals surface area contributed by atoms with Crippen molar-refractivity contribution >= 4 is 17.6 Å². The fraction of sp³-hybridized carbons (Fsp3) is 0.409. The Morgan fingerprint density at radius 2 is 2.04 bits per heavy atom. The lowest BCUT2D eigenvalue weighted by Crippen LogP contribution is -2.12. The number of nitrogens with zero attached hydrogens (tertiary/aromatic N) is 1. The molecule has 1 aliphatic rings. The van der Waals surface area contributed by atoms with Crippen molar-refractivity contribution in [2.24, 2.45) is 4.99 Å². The van der Waals surface area contributed by atoms with E-state index in [1.54, 1.807) is 0 Å². The van der Waals surface area contributed by atoms with Crippen molar-refractivity contribution in [2.45, 2.75) is 38.5 Å². The highest BCUT2D eigenvalue weighted by Gasteiger charge is 2.16. The van der Waals surface area contributed by atoms with Gasteiger partial charge in [-0.1, -0.05) is 43.3 Å². The van der Waals surface area contributed by atoms with Crippen LogP contribution in [0.1, 0.15) is 42.4 Å². The minimum Gasteiger partial charge on any atom is -0.378 e. The molecule has 1 atom stereocenters. The molecule has 0 amide bonds. The molecule has 132 valence electrons. The predicted octanol–water partition coefficient (Wildman–Crippen LogP) is 4.70. The number of hydrogen-bond donors (Lipinski definition) is 2. The summed E-state index contributed by atoms with van der Waals surface area (Å²) < 4.78 is 0. The summed E-state index contributed by atoms with van der Waals surface area (Å²) in [5, 5.41) is 6.76. The highest BCUT2D eigenvalue weighted by atomic mass is 15.0. The smallest absolute Gasteiger partial charge is 0.0889 e. The first kappa shape index (κ1) is 17.7. The van der Waals surface area contributed by atoms with Crippen molar-refractivity contribution < 1.29 is 0 Å². The zero-order valence-electron chi connectivity index (χ0n) is 15.4. The largest absolute Gasteiger partial charge is 0.378 e. The van der Waals surface area contributed by atoms with Gasteiger partial charge >= 0.3 is 0 Å². The van der Waals surface area contributed by atoms with Crippen LogP contribution in [-0.2, 0) is 12.8 Å². The molecule has 0 unspecified atom stereocenters.